The minimum atomic E-state index is 0.00487. The maximum absolute atomic E-state index is 11.9. The monoisotopic (exact) mass is 223 g/mol. The Morgan fingerprint density at radius 3 is 2.88 bits per heavy atom. The highest BCUT2D eigenvalue weighted by Crippen LogP contribution is 2.16. The zero-order valence-corrected chi connectivity index (χ0v) is 9.93. The van der Waals surface area contributed by atoms with Gasteiger partial charge in [-0.15, -0.1) is 0 Å². The first kappa shape index (κ1) is 13.0. The molecule has 1 unspecified atom stereocenters. The third kappa shape index (κ3) is 3.81. The number of nitrogens with zero attached hydrogens (tertiary/aromatic N) is 1. The molecule has 0 bridgehead atoms. The van der Waals surface area contributed by atoms with Crippen LogP contribution in [0.15, 0.2) is 24.3 Å². The first-order chi connectivity index (χ1) is 7.79. The normalized spacial score (nSPS) is 22.9. The molecule has 1 fully saturated rings. The van der Waals surface area contributed by atoms with E-state index in [0.29, 0.717) is 0 Å². The molecule has 0 aliphatic carbocycles. The van der Waals surface area contributed by atoms with Crippen LogP contribution in [0.3, 0.4) is 0 Å². The molecule has 1 N–H and O–H groups in total. The van der Waals surface area contributed by atoms with Crippen LogP contribution in [0.4, 0.5) is 0 Å². The summed E-state index contributed by atoms with van der Waals surface area (Å²) in [6.07, 6.45) is 11.3. The molecule has 1 atom stereocenters. The van der Waals surface area contributed by atoms with Crippen molar-refractivity contribution >= 4 is 5.91 Å². The van der Waals surface area contributed by atoms with Gasteiger partial charge < -0.3 is 10.0 Å². The van der Waals surface area contributed by atoms with Crippen LogP contribution in [0.2, 0.25) is 0 Å². The summed E-state index contributed by atoms with van der Waals surface area (Å²) in [5.41, 5.74) is 0. The fraction of sp³-hybridized carbons (Fsp3) is 0.615. The third-order valence-electron chi connectivity index (χ3n) is 2.91. The molecule has 0 saturated carbocycles. The van der Waals surface area contributed by atoms with Crippen LogP contribution >= 0.6 is 0 Å². The molecular formula is C13H21NO2. The molecule has 0 aromatic carbocycles. The van der Waals surface area contributed by atoms with Gasteiger partial charge in [0.25, 0.3) is 0 Å². The largest absolute Gasteiger partial charge is 0.394 e. The van der Waals surface area contributed by atoms with Gasteiger partial charge in [0.15, 0.2) is 0 Å². The maximum Gasteiger partial charge on any atom is 0.246 e. The van der Waals surface area contributed by atoms with Crippen molar-refractivity contribution in [3.63, 3.8) is 0 Å². The van der Waals surface area contributed by atoms with Crippen molar-refractivity contribution in [1.29, 1.82) is 0 Å². The van der Waals surface area contributed by atoms with Crippen molar-refractivity contribution in [2.45, 2.75) is 38.6 Å². The van der Waals surface area contributed by atoms with E-state index < -0.39 is 0 Å². The van der Waals surface area contributed by atoms with Crippen molar-refractivity contribution < 1.29 is 9.90 Å². The van der Waals surface area contributed by atoms with E-state index in [1.54, 1.807) is 17.1 Å². The number of carbonyl (C=O) groups excluding carboxylic acids is 1. The quantitative estimate of drug-likeness (QED) is 0.586. The van der Waals surface area contributed by atoms with E-state index in [4.69, 9.17) is 0 Å². The van der Waals surface area contributed by atoms with Gasteiger partial charge in [-0.1, -0.05) is 31.1 Å². The van der Waals surface area contributed by atoms with Crippen molar-refractivity contribution in [3.8, 4) is 0 Å². The molecule has 1 aliphatic heterocycles. The van der Waals surface area contributed by atoms with Gasteiger partial charge in [0, 0.05) is 12.6 Å². The Kier molecular flexibility index (Phi) is 5.86. The average molecular weight is 223 g/mol. The molecule has 90 valence electrons. The van der Waals surface area contributed by atoms with E-state index in [0.717, 1.165) is 32.2 Å². The van der Waals surface area contributed by atoms with Crippen molar-refractivity contribution in [2.24, 2.45) is 0 Å². The Balaban J connectivity index is 2.62. The number of hydrogen-bond acceptors (Lipinski definition) is 2. The van der Waals surface area contributed by atoms with Gasteiger partial charge >= 0.3 is 0 Å². The number of rotatable bonds is 3. The number of carbonyl (C=O) groups is 1. The predicted octanol–water partition coefficient (Wildman–Crippen LogP) is 1.88. The number of amides is 1. The highest BCUT2D eigenvalue weighted by molar-refractivity contribution is 5.88. The van der Waals surface area contributed by atoms with E-state index in [1.165, 1.54) is 0 Å². The second-order valence-corrected chi connectivity index (χ2v) is 4.10. The molecule has 16 heavy (non-hydrogen) atoms. The zero-order valence-electron chi connectivity index (χ0n) is 9.93. The Morgan fingerprint density at radius 2 is 2.19 bits per heavy atom. The molecular weight excluding hydrogens is 202 g/mol. The van der Waals surface area contributed by atoms with Gasteiger partial charge in [0.05, 0.1) is 12.6 Å². The molecule has 3 nitrogen and oxygen atoms in total. The highest BCUT2D eigenvalue weighted by Gasteiger charge is 2.22. The lowest BCUT2D eigenvalue weighted by Crippen LogP contribution is -2.41. The summed E-state index contributed by atoms with van der Waals surface area (Å²) in [6, 6.07) is 0.00487. The average Bonchev–Trinajstić information content (AvgIpc) is 2.54. The standard InChI is InChI=1S/C13H21NO2/c1-2-3-5-9-13(16)14-10-7-4-6-8-12(14)11-15/h2-3,5,9,12,15H,4,6-8,10-11H2,1H3. The summed E-state index contributed by atoms with van der Waals surface area (Å²) in [7, 11) is 0. The second kappa shape index (κ2) is 7.23. The molecule has 3 heteroatoms. The van der Waals surface area contributed by atoms with Crippen LogP contribution in [-0.4, -0.2) is 35.1 Å². The number of allylic oxidation sites excluding steroid dienone is 3. The molecule has 1 rings (SSSR count). The predicted molar refractivity (Wildman–Crippen MR) is 65.0 cm³/mol. The number of aliphatic hydroxyl groups is 1. The highest BCUT2D eigenvalue weighted by atomic mass is 16.3. The van der Waals surface area contributed by atoms with E-state index in [1.807, 2.05) is 19.1 Å². The van der Waals surface area contributed by atoms with Crippen molar-refractivity contribution in [2.75, 3.05) is 13.2 Å². The Hall–Kier alpha value is -1.09. The van der Waals surface area contributed by atoms with Crippen molar-refractivity contribution in [3.05, 3.63) is 24.3 Å². The van der Waals surface area contributed by atoms with E-state index in [-0.39, 0.29) is 18.6 Å². The third-order valence-corrected chi connectivity index (χ3v) is 2.91. The van der Waals surface area contributed by atoms with Crippen LogP contribution in [0.5, 0.6) is 0 Å². The van der Waals surface area contributed by atoms with Crippen molar-refractivity contribution in [1.82, 2.24) is 4.90 Å². The van der Waals surface area contributed by atoms with Crippen LogP contribution in [0.25, 0.3) is 0 Å². The van der Waals surface area contributed by atoms with Gasteiger partial charge in [-0.05, 0) is 19.8 Å². The van der Waals surface area contributed by atoms with Crippen LogP contribution in [0.1, 0.15) is 32.6 Å². The zero-order chi connectivity index (χ0) is 11.8. The lowest BCUT2D eigenvalue weighted by molar-refractivity contribution is -0.129. The van der Waals surface area contributed by atoms with E-state index in [9.17, 15) is 9.90 Å². The Morgan fingerprint density at radius 1 is 1.38 bits per heavy atom. The summed E-state index contributed by atoms with van der Waals surface area (Å²) in [6.45, 7) is 2.75. The second-order valence-electron chi connectivity index (χ2n) is 4.10. The molecule has 0 aromatic heterocycles. The lowest BCUT2D eigenvalue weighted by atomic mass is 10.1. The molecule has 1 aliphatic rings. The van der Waals surface area contributed by atoms with E-state index in [2.05, 4.69) is 0 Å². The summed E-state index contributed by atoms with van der Waals surface area (Å²) in [5, 5.41) is 9.27. The first-order valence-electron chi connectivity index (χ1n) is 6.00. The maximum atomic E-state index is 11.9. The molecule has 1 saturated heterocycles. The minimum Gasteiger partial charge on any atom is -0.394 e. The van der Waals surface area contributed by atoms with Crippen LogP contribution in [-0.2, 0) is 4.79 Å². The Bertz CT molecular complexity index is 271. The smallest absolute Gasteiger partial charge is 0.246 e. The fourth-order valence-electron chi connectivity index (χ4n) is 2.00. The van der Waals surface area contributed by atoms with Crippen LogP contribution in [0, 0.1) is 0 Å². The summed E-state index contributed by atoms with van der Waals surface area (Å²) in [4.78, 5) is 13.7. The first-order valence-corrected chi connectivity index (χ1v) is 6.00. The van der Waals surface area contributed by atoms with Gasteiger partial charge in [0.2, 0.25) is 5.91 Å². The minimum absolute atomic E-state index is 0.00487. The fourth-order valence-corrected chi connectivity index (χ4v) is 2.00. The van der Waals surface area contributed by atoms with Gasteiger partial charge in [0.1, 0.15) is 0 Å². The molecule has 0 aromatic rings. The lowest BCUT2D eigenvalue weighted by Gasteiger charge is -2.27. The summed E-state index contributed by atoms with van der Waals surface area (Å²) >= 11 is 0. The van der Waals surface area contributed by atoms with Gasteiger partial charge in [-0.3, -0.25) is 4.79 Å². The number of hydrogen-bond donors (Lipinski definition) is 1. The molecule has 1 amide bonds. The SMILES string of the molecule is CC=CC=CC(=O)N1CCCCCC1CO. The number of aliphatic hydroxyl groups excluding tert-OH is 1. The number of likely N-dealkylation sites (tertiary alicyclic amines) is 1. The summed E-state index contributed by atoms with van der Waals surface area (Å²) < 4.78 is 0. The molecule has 0 radical (unpaired) electrons. The Labute approximate surface area is 97.4 Å². The van der Waals surface area contributed by atoms with Gasteiger partial charge in [-0.2, -0.15) is 0 Å². The van der Waals surface area contributed by atoms with Gasteiger partial charge in [-0.25, -0.2) is 0 Å². The topological polar surface area (TPSA) is 40.5 Å². The van der Waals surface area contributed by atoms with Crippen LogP contribution < -0.4 is 0 Å². The molecule has 1 heterocycles. The van der Waals surface area contributed by atoms with E-state index >= 15 is 0 Å². The molecule has 0 spiro atoms. The summed E-state index contributed by atoms with van der Waals surface area (Å²) in [5.74, 6) is 0.0130.